The molecule has 0 saturated heterocycles. The van der Waals surface area contributed by atoms with Crippen LogP contribution in [0.25, 0.3) is 0 Å². The summed E-state index contributed by atoms with van der Waals surface area (Å²) >= 11 is 6.34. The lowest BCUT2D eigenvalue weighted by molar-refractivity contribution is -0.140. The summed E-state index contributed by atoms with van der Waals surface area (Å²) in [5.41, 5.74) is 2.94. The number of amides is 2. The predicted octanol–water partition coefficient (Wildman–Crippen LogP) is 6.93. The smallest absolute Gasteiger partial charge is 0.264 e. The fourth-order valence-electron chi connectivity index (χ4n) is 5.89. The van der Waals surface area contributed by atoms with Gasteiger partial charge in [0.1, 0.15) is 12.6 Å². The van der Waals surface area contributed by atoms with Gasteiger partial charge in [0.2, 0.25) is 11.8 Å². The average molecular weight is 658 g/mol. The van der Waals surface area contributed by atoms with Gasteiger partial charge in [0.25, 0.3) is 10.0 Å². The van der Waals surface area contributed by atoms with E-state index in [1.54, 1.807) is 48.5 Å². The van der Waals surface area contributed by atoms with E-state index < -0.39 is 28.5 Å². The third-order valence-corrected chi connectivity index (χ3v) is 10.4. The fraction of sp³-hybridized carbons (Fsp3) is 0.297. The molecular weight excluding hydrogens is 618 g/mol. The number of aryl methyl sites for hydroxylation is 1. The zero-order chi connectivity index (χ0) is 32.5. The van der Waals surface area contributed by atoms with E-state index >= 15 is 0 Å². The summed E-state index contributed by atoms with van der Waals surface area (Å²) in [7, 11) is -4.14. The number of rotatable bonds is 12. The van der Waals surface area contributed by atoms with Crippen molar-refractivity contribution in [2.24, 2.45) is 0 Å². The first-order valence-corrected chi connectivity index (χ1v) is 17.6. The summed E-state index contributed by atoms with van der Waals surface area (Å²) in [6.07, 6.45) is 5.28. The summed E-state index contributed by atoms with van der Waals surface area (Å²) in [6, 6.07) is 31.0. The number of hydrogen-bond acceptors (Lipinski definition) is 4. The number of nitrogens with one attached hydrogen (secondary N) is 1. The van der Waals surface area contributed by atoms with Crippen molar-refractivity contribution in [2.45, 2.75) is 69.0 Å². The highest BCUT2D eigenvalue weighted by atomic mass is 35.5. The Morgan fingerprint density at radius 3 is 2.11 bits per heavy atom. The number of hydrogen-bond donors (Lipinski definition) is 1. The van der Waals surface area contributed by atoms with Crippen LogP contribution < -0.4 is 9.62 Å². The van der Waals surface area contributed by atoms with E-state index in [0.717, 1.165) is 53.1 Å². The zero-order valence-corrected chi connectivity index (χ0v) is 27.6. The lowest BCUT2D eigenvalue weighted by Gasteiger charge is -2.35. The molecule has 7 nitrogen and oxygen atoms in total. The molecule has 4 aromatic rings. The molecule has 9 heteroatoms. The number of benzene rings is 4. The van der Waals surface area contributed by atoms with Crippen LogP contribution in [0, 0.1) is 6.92 Å². The predicted molar refractivity (Wildman–Crippen MR) is 183 cm³/mol. The summed E-state index contributed by atoms with van der Waals surface area (Å²) in [5.74, 6) is -0.751. The van der Waals surface area contributed by atoms with Gasteiger partial charge in [-0.25, -0.2) is 8.42 Å². The van der Waals surface area contributed by atoms with Gasteiger partial charge in [0, 0.05) is 24.0 Å². The van der Waals surface area contributed by atoms with Gasteiger partial charge in [-0.3, -0.25) is 13.9 Å². The van der Waals surface area contributed by atoms with E-state index in [1.165, 1.54) is 17.0 Å². The number of halogens is 1. The molecule has 2 amide bonds. The zero-order valence-electron chi connectivity index (χ0n) is 26.0. The van der Waals surface area contributed by atoms with Crippen molar-refractivity contribution in [3.8, 4) is 0 Å². The van der Waals surface area contributed by atoms with Crippen LogP contribution in [0.4, 0.5) is 5.69 Å². The number of nitrogens with zero attached hydrogens (tertiary/aromatic N) is 2. The first kappa shape index (κ1) is 33.2. The summed E-state index contributed by atoms with van der Waals surface area (Å²) < 4.78 is 29.3. The van der Waals surface area contributed by atoms with E-state index in [1.807, 2.05) is 55.5 Å². The van der Waals surface area contributed by atoms with Gasteiger partial charge in [-0.05, 0) is 67.3 Å². The van der Waals surface area contributed by atoms with E-state index in [2.05, 4.69) is 5.32 Å². The van der Waals surface area contributed by atoms with Crippen LogP contribution in [0.1, 0.15) is 48.8 Å². The Hall–Kier alpha value is -4.14. The molecule has 46 heavy (non-hydrogen) atoms. The van der Waals surface area contributed by atoms with Crippen LogP contribution in [0.15, 0.2) is 114 Å². The Bertz CT molecular complexity index is 1710. The topological polar surface area (TPSA) is 86.8 Å². The molecule has 1 N–H and O–H groups in total. The van der Waals surface area contributed by atoms with E-state index in [9.17, 15) is 18.0 Å². The molecule has 0 aromatic heterocycles. The van der Waals surface area contributed by atoms with Gasteiger partial charge in [-0.2, -0.15) is 0 Å². The number of carbonyl (C=O) groups excluding carboxylic acids is 2. The van der Waals surface area contributed by atoms with Crippen molar-refractivity contribution < 1.29 is 18.0 Å². The van der Waals surface area contributed by atoms with Gasteiger partial charge >= 0.3 is 0 Å². The quantitative estimate of drug-likeness (QED) is 0.179. The molecule has 1 aliphatic rings. The normalized spacial score (nSPS) is 14.3. The lowest BCUT2D eigenvalue weighted by Crippen LogP contribution is -2.55. The second-order valence-corrected chi connectivity index (χ2v) is 14.2. The van der Waals surface area contributed by atoms with Crippen molar-refractivity contribution in [2.75, 3.05) is 10.8 Å². The van der Waals surface area contributed by atoms with Gasteiger partial charge in [0.05, 0.1) is 10.6 Å². The third-order valence-electron chi connectivity index (χ3n) is 8.40. The Kier molecular flexibility index (Phi) is 11.1. The van der Waals surface area contributed by atoms with Crippen LogP contribution in [0.5, 0.6) is 0 Å². The van der Waals surface area contributed by atoms with Gasteiger partial charge in [-0.1, -0.05) is 109 Å². The number of anilines is 1. The van der Waals surface area contributed by atoms with Crippen molar-refractivity contribution >= 4 is 39.1 Å². The molecular formula is C37H40ClN3O4S. The van der Waals surface area contributed by atoms with Crippen LogP contribution in [-0.4, -0.2) is 43.8 Å². The molecule has 0 unspecified atom stereocenters. The second kappa shape index (κ2) is 15.4. The minimum atomic E-state index is -4.14. The van der Waals surface area contributed by atoms with Gasteiger partial charge < -0.3 is 10.2 Å². The van der Waals surface area contributed by atoms with Crippen LogP contribution >= 0.6 is 11.6 Å². The SMILES string of the molecule is Cc1ccc(N(CC(=O)N(Cc2cccc(Cl)c2)[C@H](Cc2ccccc2)C(=O)NC2CCCCC2)S(=O)(=O)c2ccccc2)cc1. The molecule has 0 radical (unpaired) electrons. The Morgan fingerprint density at radius 2 is 1.46 bits per heavy atom. The highest BCUT2D eigenvalue weighted by Gasteiger charge is 2.35. The van der Waals surface area contributed by atoms with Crippen LogP contribution in [-0.2, 0) is 32.6 Å². The molecule has 1 atom stereocenters. The Morgan fingerprint density at radius 1 is 0.826 bits per heavy atom. The van der Waals surface area contributed by atoms with Gasteiger partial charge in [-0.15, -0.1) is 0 Å². The monoisotopic (exact) mass is 657 g/mol. The largest absolute Gasteiger partial charge is 0.352 e. The van der Waals surface area contributed by atoms with E-state index in [-0.39, 0.29) is 29.8 Å². The average Bonchev–Trinajstić information content (AvgIpc) is 3.07. The maximum Gasteiger partial charge on any atom is 0.264 e. The second-order valence-electron chi connectivity index (χ2n) is 11.9. The minimum Gasteiger partial charge on any atom is -0.352 e. The first-order valence-electron chi connectivity index (χ1n) is 15.7. The van der Waals surface area contributed by atoms with Crippen LogP contribution in [0.3, 0.4) is 0 Å². The molecule has 0 aliphatic heterocycles. The highest BCUT2D eigenvalue weighted by Crippen LogP contribution is 2.26. The van der Waals surface area contributed by atoms with E-state index in [0.29, 0.717) is 10.7 Å². The molecule has 0 bridgehead atoms. The molecule has 240 valence electrons. The summed E-state index contributed by atoms with van der Waals surface area (Å²) in [4.78, 5) is 30.3. The van der Waals surface area contributed by atoms with Crippen LogP contribution in [0.2, 0.25) is 5.02 Å². The maximum atomic E-state index is 14.6. The molecule has 0 heterocycles. The lowest BCUT2D eigenvalue weighted by atomic mass is 9.94. The Balaban J connectivity index is 1.55. The van der Waals surface area contributed by atoms with Crippen molar-refractivity contribution in [3.63, 3.8) is 0 Å². The molecule has 0 spiro atoms. The van der Waals surface area contributed by atoms with Crippen molar-refractivity contribution in [1.82, 2.24) is 10.2 Å². The Labute approximate surface area is 277 Å². The molecule has 4 aromatic carbocycles. The first-order chi connectivity index (χ1) is 22.2. The molecule has 1 fully saturated rings. The standard InChI is InChI=1S/C37H40ClN3O4S/c1-28-20-22-33(23-21-28)41(46(44,45)34-18-9-4-10-19-34)27-36(42)40(26-30-14-11-15-31(38)24-30)35(25-29-12-5-2-6-13-29)37(43)39-32-16-7-3-8-17-32/h2,4-6,9-15,18-24,32,35H,3,7-8,16-17,25-27H2,1H3,(H,39,43)/t35-/m1/s1. The summed E-state index contributed by atoms with van der Waals surface area (Å²) in [6.45, 7) is 1.49. The molecule has 1 saturated carbocycles. The van der Waals surface area contributed by atoms with Gasteiger partial charge in [0.15, 0.2) is 0 Å². The van der Waals surface area contributed by atoms with E-state index in [4.69, 9.17) is 11.6 Å². The fourth-order valence-corrected chi connectivity index (χ4v) is 7.54. The molecule has 1 aliphatic carbocycles. The highest BCUT2D eigenvalue weighted by molar-refractivity contribution is 7.92. The number of carbonyl (C=O) groups is 2. The van der Waals surface area contributed by atoms with Crippen molar-refractivity contribution in [1.29, 1.82) is 0 Å². The van der Waals surface area contributed by atoms with Crippen molar-refractivity contribution in [3.05, 3.63) is 131 Å². The molecule has 5 rings (SSSR count). The maximum absolute atomic E-state index is 14.6. The summed E-state index contributed by atoms with van der Waals surface area (Å²) in [5, 5.41) is 3.73. The minimum absolute atomic E-state index is 0.0326. The number of sulfonamides is 1. The third kappa shape index (κ3) is 8.56.